The molecule has 1 aromatic heterocycles. The lowest BCUT2D eigenvalue weighted by atomic mass is 10.2. The lowest BCUT2D eigenvalue weighted by molar-refractivity contribution is 0.348. The maximum absolute atomic E-state index is 5.47. The molecule has 0 unspecified atom stereocenters. The van der Waals surface area contributed by atoms with Crippen LogP contribution in [0.4, 0.5) is 0 Å². The third-order valence-corrected chi connectivity index (χ3v) is 4.80. The van der Waals surface area contributed by atoms with Crippen LogP contribution in [0, 0.1) is 6.92 Å². The molecule has 0 saturated carbocycles. The second kappa shape index (κ2) is 8.20. The molecule has 4 nitrogen and oxygen atoms in total. The van der Waals surface area contributed by atoms with Crippen LogP contribution in [0.3, 0.4) is 0 Å². The third kappa shape index (κ3) is 4.86. The van der Waals surface area contributed by atoms with Gasteiger partial charge in [-0.3, -0.25) is 0 Å². The van der Waals surface area contributed by atoms with Gasteiger partial charge in [0.25, 0.3) is 0 Å². The van der Waals surface area contributed by atoms with Gasteiger partial charge in [-0.15, -0.1) is 11.8 Å². The van der Waals surface area contributed by atoms with Crippen LogP contribution in [0.2, 0.25) is 0 Å². The average molecular weight is 330 g/mol. The lowest BCUT2D eigenvalue weighted by Gasteiger charge is -2.04. The SMILES string of the molecule is Cc1cc(CCCCCSc2ccc(C3=NCCO3)cc2)on1. The van der Waals surface area contributed by atoms with Crippen LogP contribution >= 0.6 is 11.8 Å². The molecule has 0 spiro atoms. The van der Waals surface area contributed by atoms with E-state index in [1.807, 2.05) is 24.8 Å². The van der Waals surface area contributed by atoms with E-state index in [0.717, 1.165) is 48.1 Å². The van der Waals surface area contributed by atoms with E-state index in [0.29, 0.717) is 6.61 Å². The van der Waals surface area contributed by atoms with Gasteiger partial charge in [-0.25, -0.2) is 4.99 Å². The van der Waals surface area contributed by atoms with Gasteiger partial charge in [0.1, 0.15) is 12.4 Å². The molecular formula is C18H22N2O2S. The number of aromatic nitrogens is 1. The maximum atomic E-state index is 5.47. The Bertz CT molecular complexity index is 649. The summed E-state index contributed by atoms with van der Waals surface area (Å²) in [5.74, 6) is 2.93. The summed E-state index contributed by atoms with van der Waals surface area (Å²) in [4.78, 5) is 5.64. The van der Waals surface area contributed by atoms with E-state index < -0.39 is 0 Å². The normalized spacial score (nSPS) is 13.9. The van der Waals surface area contributed by atoms with Gasteiger partial charge in [-0.2, -0.15) is 0 Å². The zero-order valence-electron chi connectivity index (χ0n) is 13.5. The smallest absolute Gasteiger partial charge is 0.216 e. The third-order valence-electron chi connectivity index (χ3n) is 3.70. The van der Waals surface area contributed by atoms with Crippen LogP contribution < -0.4 is 0 Å². The number of unbranched alkanes of at least 4 members (excludes halogenated alkanes) is 2. The number of ether oxygens (including phenoxy) is 1. The Morgan fingerprint density at radius 2 is 2.00 bits per heavy atom. The minimum Gasteiger partial charge on any atom is -0.476 e. The van der Waals surface area contributed by atoms with Crippen molar-refractivity contribution in [1.29, 1.82) is 0 Å². The van der Waals surface area contributed by atoms with E-state index in [-0.39, 0.29) is 0 Å². The molecule has 2 aromatic rings. The standard InChI is InChI=1S/C18H22N2O2S/c1-14-13-16(22-20-14)5-3-2-4-12-23-17-8-6-15(7-9-17)18-19-10-11-21-18/h6-9,13H,2-5,10-12H2,1H3. The summed E-state index contributed by atoms with van der Waals surface area (Å²) in [6, 6.07) is 10.5. The minimum atomic E-state index is 0.708. The fourth-order valence-electron chi connectivity index (χ4n) is 2.51. The largest absolute Gasteiger partial charge is 0.476 e. The van der Waals surface area contributed by atoms with Gasteiger partial charge in [0.15, 0.2) is 0 Å². The highest BCUT2D eigenvalue weighted by atomic mass is 32.2. The Kier molecular flexibility index (Phi) is 5.75. The van der Waals surface area contributed by atoms with Crippen LogP contribution in [0.25, 0.3) is 0 Å². The highest BCUT2D eigenvalue weighted by Crippen LogP contribution is 2.21. The Morgan fingerprint density at radius 1 is 1.13 bits per heavy atom. The van der Waals surface area contributed by atoms with Crippen LogP contribution in [-0.4, -0.2) is 30.0 Å². The van der Waals surface area contributed by atoms with Crippen LogP contribution in [0.5, 0.6) is 0 Å². The van der Waals surface area contributed by atoms with Gasteiger partial charge in [0.2, 0.25) is 5.90 Å². The number of hydrogen-bond acceptors (Lipinski definition) is 5. The summed E-state index contributed by atoms with van der Waals surface area (Å²) < 4.78 is 10.7. The molecular weight excluding hydrogens is 308 g/mol. The van der Waals surface area contributed by atoms with Gasteiger partial charge in [-0.05, 0) is 49.8 Å². The summed E-state index contributed by atoms with van der Waals surface area (Å²) in [6.45, 7) is 3.44. The van der Waals surface area contributed by atoms with E-state index in [1.54, 1.807) is 0 Å². The predicted octanol–water partition coefficient (Wildman–Crippen LogP) is 4.26. The number of aliphatic imine (C=N–C) groups is 1. The second-order valence-electron chi connectivity index (χ2n) is 5.65. The predicted molar refractivity (Wildman–Crippen MR) is 93.3 cm³/mol. The molecule has 2 heterocycles. The zero-order chi connectivity index (χ0) is 15.9. The summed E-state index contributed by atoms with van der Waals surface area (Å²) in [6.07, 6.45) is 4.58. The van der Waals surface area contributed by atoms with Gasteiger partial charge < -0.3 is 9.26 Å². The topological polar surface area (TPSA) is 47.6 Å². The molecule has 0 aliphatic carbocycles. The Balaban J connectivity index is 1.32. The molecule has 23 heavy (non-hydrogen) atoms. The number of nitrogens with zero attached hydrogens (tertiary/aromatic N) is 2. The number of benzene rings is 1. The fraction of sp³-hybridized carbons (Fsp3) is 0.444. The molecule has 0 amide bonds. The van der Waals surface area contributed by atoms with Gasteiger partial charge in [0, 0.05) is 22.9 Å². The van der Waals surface area contributed by atoms with Crippen molar-refractivity contribution in [3.8, 4) is 0 Å². The summed E-state index contributed by atoms with van der Waals surface area (Å²) in [5, 5.41) is 3.91. The maximum Gasteiger partial charge on any atom is 0.216 e. The zero-order valence-corrected chi connectivity index (χ0v) is 14.3. The van der Waals surface area contributed by atoms with Crippen molar-refractivity contribution in [2.45, 2.75) is 37.5 Å². The summed E-state index contributed by atoms with van der Waals surface area (Å²) >= 11 is 1.91. The summed E-state index contributed by atoms with van der Waals surface area (Å²) in [7, 11) is 0. The number of rotatable bonds is 8. The number of hydrogen-bond donors (Lipinski definition) is 0. The molecule has 0 saturated heterocycles. The Hall–Kier alpha value is -1.75. The van der Waals surface area contributed by atoms with Crippen molar-refractivity contribution in [2.24, 2.45) is 4.99 Å². The molecule has 1 aromatic carbocycles. The highest BCUT2D eigenvalue weighted by Gasteiger charge is 2.09. The van der Waals surface area contributed by atoms with Crippen LogP contribution in [-0.2, 0) is 11.2 Å². The van der Waals surface area contributed by atoms with Gasteiger partial charge in [0.05, 0.1) is 12.2 Å². The number of aryl methyl sites for hydroxylation is 2. The molecule has 0 fully saturated rings. The molecule has 122 valence electrons. The van der Waals surface area contributed by atoms with Gasteiger partial charge in [-0.1, -0.05) is 11.6 Å². The van der Waals surface area contributed by atoms with Crippen LogP contribution in [0.1, 0.15) is 36.3 Å². The first-order valence-corrected chi connectivity index (χ1v) is 9.12. The van der Waals surface area contributed by atoms with E-state index in [9.17, 15) is 0 Å². The quantitative estimate of drug-likeness (QED) is 0.536. The number of thioether (sulfide) groups is 1. The summed E-state index contributed by atoms with van der Waals surface area (Å²) in [5.41, 5.74) is 2.04. The molecule has 0 N–H and O–H groups in total. The monoisotopic (exact) mass is 330 g/mol. The first-order chi connectivity index (χ1) is 11.3. The van der Waals surface area contributed by atoms with Crippen LogP contribution in [0.15, 0.2) is 44.7 Å². The Morgan fingerprint density at radius 3 is 2.70 bits per heavy atom. The molecule has 0 bridgehead atoms. The van der Waals surface area contributed by atoms with E-state index in [2.05, 4.69) is 34.4 Å². The van der Waals surface area contributed by atoms with E-state index in [4.69, 9.17) is 9.26 Å². The lowest BCUT2D eigenvalue weighted by Crippen LogP contribution is -2.00. The minimum absolute atomic E-state index is 0.708. The van der Waals surface area contributed by atoms with Crippen molar-refractivity contribution in [1.82, 2.24) is 5.16 Å². The molecule has 5 heteroatoms. The molecule has 1 aliphatic heterocycles. The molecule has 3 rings (SSSR count). The van der Waals surface area contributed by atoms with E-state index in [1.165, 1.54) is 17.7 Å². The van der Waals surface area contributed by atoms with Crippen molar-refractivity contribution in [2.75, 3.05) is 18.9 Å². The first-order valence-electron chi connectivity index (χ1n) is 8.14. The Labute approximate surface area is 141 Å². The van der Waals surface area contributed by atoms with Crippen molar-refractivity contribution >= 4 is 17.7 Å². The second-order valence-corrected chi connectivity index (χ2v) is 6.82. The van der Waals surface area contributed by atoms with E-state index >= 15 is 0 Å². The first kappa shape index (κ1) is 16.1. The molecule has 0 atom stereocenters. The molecule has 1 aliphatic rings. The highest BCUT2D eigenvalue weighted by molar-refractivity contribution is 7.99. The van der Waals surface area contributed by atoms with Crippen molar-refractivity contribution in [3.05, 3.63) is 47.3 Å². The fourth-order valence-corrected chi connectivity index (χ4v) is 3.42. The molecule has 0 radical (unpaired) electrons. The average Bonchev–Trinajstić information content (AvgIpc) is 3.23. The van der Waals surface area contributed by atoms with Crippen molar-refractivity contribution < 1.29 is 9.26 Å². The van der Waals surface area contributed by atoms with Gasteiger partial charge >= 0.3 is 0 Å². The van der Waals surface area contributed by atoms with Crippen molar-refractivity contribution in [3.63, 3.8) is 0 Å².